The Kier molecular flexibility index (Phi) is 16.2. The summed E-state index contributed by atoms with van der Waals surface area (Å²) >= 11 is 0. The van der Waals surface area contributed by atoms with Crippen LogP contribution in [-0.2, 0) is 0 Å². The predicted octanol–water partition coefficient (Wildman–Crippen LogP) is 9.78. The van der Waals surface area contributed by atoms with Crippen molar-refractivity contribution in [1.82, 2.24) is 15.0 Å². The number of nitrogens with zero attached hydrogens (tertiary/aromatic N) is 3. The maximum Gasteiger partial charge on any atom is 0.129 e. The summed E-state index contributed by atoms with van der Waals surface area (Å²) in [5.74, 6) is 21.9. The predicted molar refractivity (Wildman–Crippen MR) is 199 cm³/mol. The molecule has 0 aliphatic carbocycles. The van der Waals surface area contributed by atoms with Crippen molar-refractivity contribution in [3.8, 4) is 47.0 Å². The number of allylic oxidation sites excluding steroid dienone is 3. The summed E-state index contributed by atoms with van der Waals surface area (Å²) in [6, 6.07) is 11.7. The molecule has 0 aromatic carbocycles. The first-order chi connectivity index (χ1) is 22.4. The van der Waals surface area contributed by atoms with Crippen molar-refractivity contribution in [2.75, 3.05) is 0 Å². The van der Waals surface area contributed by atoms with Crippen LogP contribution in [0.3, 0.4) is 0 Å². The highest BCUT2D eigenvalue weighted by Gasteiger charge is 2.07. The number of pyridine rings is 3. The van der Waals surface area contributed by atoms with E-state index in [0.29, 0.717) is 0 Å². The summed E-state index contributed by atoms with van der Waals surface area (Å²) in [7, 11) is -1.39. The van der Waals surface area contributed by atoms with E-state index in [1.165, 1.54) is 51.4 Å². The zero-order valence-corrected chi connectivity index (χ0v) is 28.9. The Labute approximate surface area is 278 Å². The van der Waals surface area contributed by atoms with E-state index in [4.69, 9.17) is 0 Å². The lowest BCUT2D eigenvalue weighted by atomic mass is 10.1. The minimum Gasteiger partial charge on any atom is -0.256 e. The van der Waals surface area contributed by atoms with E-state index in [-0.39, 0.29) is 0 Å². The molecule has 46 heavy (non-hydrogen) atoms. The molecule has 0 atom stereocenters. The molecule has 4 heteroatoms. The molecule has 0 N–H and O–H groups in total. The first-order valence-corrected chi connectivity index (χ1v) is 19.8. The molecule has 0 bridgehead atoms. The van der Waals surface area contributed by atoms with Crippen molar-refractivity contribution < 1.29 is 0 Å². The fraction of sp³-hybridized carbons (Fsp3) is 0.310. The Hall–Kier alpha value is -4.87. The molecular weight excluding hydrogens is 575 g/mol. The van der Waals surface area contributed by atoms with Crippen LogP contribution in [0.4, 0.5) is 0 Å². The summed E-state index contributed by atoms with van der Waals surface area (Å²) < 4.78 is 0. The van der Waals surface area contributed by atoms with Crippen molar-refractivity contribution >= 4 is 26.3 Å². The third-order valence-corrected chi connectivity index (χ3v) is 7.52. The smallest absolute Gasteiger partial charge is 0.129 e. The van der Waals surface area contributed by atoms with Crippen molar-refractivity contribution in [1.29, 1.82) is 0 Å². The zero-order chi connectivity index (χ0) is 32.7. The summed E-state index contributed by atoms with van der Waals surface area (Å²) in [5, 5.41) is 0. The molecule has 0 radical (unpaired) electrons. The molecule has 0 aliphatic heterocycles. The van der Waals surface area contributed by atoms with Gasteiger partial charge < -0.3 is 0 Å². The maximum absolute atomic E-state index is 4.46. The van der Waals surface area contributed by atoms with Gasteiger partial charge in [-0.1, -0.05) is 113 Å². The number of unbranched alkanes of at least 4 members (excludes halogenated alkanes) is 8. The number of hydrogen-bond donors (Lipinski definition) is 0. The molecule has 232 valence electrons. The van der Waals surface area contributed by atoms with E-state index < -0.39 is 8.07 Å². The average molecular weight is 620 g/mol. The molecule has 0 fully saturated rings. The van der Waals surface area contributed by atoms with Gasteiger partial charge in [0, 0.05) is 41.7 Å². The van der Waals surface area contributed by atoms with Crippen molar-refractivity contribution in [3.05, 3.63) is 107 Å². The van der Waals surface area contributed by atoms with Gasteiger partial charge in [0.05, 0.1) is 17.1 Å². The van der Waals surface area contributed by atoms with Gasteiger partial charge in [0.2, 0.25) is 0 Å². The van der Waals surface area contributed by atoms with Gasteiger partial charge in [-0.05, 0) is 79.3 Å². The SMILES string of the molecule is CCCCCCCCCCC#C/C=C/c1ccc(C#C/C=C/c2ccc(C#C/C=C/c3ccc(C#C[Si](C)(C)C)cn3)cn2)cn1. The second-order valence-electron chi connectivity index (χ2n) is 12.0. The number of aromatic nitrogens is 3. The molecule has 3 heterocycles. The van der Waals surface area contributed by atoms with Crippen LogP contribution in [0.2, 0.25) is 19.6 Å². The molecule has 0 aliphatic rings. The van der Waals surface area contributed by atoms with Crippen molar-refractivity contribution in [2.24, 2.45) is 0 Å². The Balaban J connectivity index is 1.38. The van der Waals surface area contributed by atoms with E-state index in [1.54, 1.807) is 24.5 Å². The lowest BCUT2D eigenvalue weighted by Gasteiger charge is -2.03. The second kappa shape index (κ2) is 21.0. The Bertz CT molecular complexity index is 1690. The minimum absolute atomic E-state index is 0.819. The fourth-order valence-electron chi connectivity index (χ4n) is 4.10. The normalized spacial score (nSPS) is 10.9. The van der Waals surface area contributed by atoms with Crippen LogP contribution in [-0.4, -0.2) is 23.0 Å². The van der Waals surface area contributed by atoms with Gasteiger partial charge in [0.25, 0.3) is 0 Å². The van der Waals surface area contributed by atoms with Gasteiger partial charge in [-0.15, -0.1) is 5.54 Å². The summed E-state index contributed by atoms with van der Waals surface area (Å²) in [6.07, 6.45) is 28.1. The fourth-order valence-corrected chi connectivity index (χ4v) is 4.62. The highest BCUT2D eigenvalue weighted by molar-refractivity contribution is 6.83. The molecule has 0 saturated carbocycles. The van der Waals surface area contributed by atoms with Gasteiger partial charge in [0.15, 0.2) is 0 Å². The first kappa shape index (κ1) is 35.6. The molecule has 0 unspecified atom stereocenters. The third-order valence-electron chi connectivity index (χ3n) is 6.64. The summed E-state index contributed by atoms with van der Waals surface area (Å²) in [4.78, 5) is 13.4. The molecule has 3 nitrogen and oxygen atoms in total. The number of rotatable bonds is 11. The van der Waals surface area contributed by atoms with Crippen LogP contribution in [0.5, 0.6) is 0 Å². The highest BCUT2D eigenvalue weighted by atomic mass is 28.3. The van der Waals surface area contributed by atoms with Gasteiger partial charge in [-0.3, -0.25) is 15.0 Å². The topological polar surface area (TPSA) is 38.7 Å². The van der Waals surface area contributed by atoms with Crippen molar-refractivity contribution in [3.63, 3.8) is 0 Å². The third kappa shape index (κ3) is 16.3. The van der Waals surface area contributed by atoms with Crippen LogP contribution < -0.4 is 0 Å². The molecule has 3 aromatic rings. The molecular formula is C42H45N3Si. The van der Waals surface area contributed by atoms with Crippen LogP contribution in [0.25, 0.3) is 18.2 Å². The summed E-state index contributed by atoms with van der Waals surface area (Å²) in [6.45, 7) is 8.95. The largest absolute Gasteiger partial charge is 0.256 e. The van der Waals surface area contributed by atoms with Crippen molar-refractivity contribution in [2.45, 2.75) is 84.4 Å². The lowest BCUT2D eigenvalue weighted by molar-refractivity contribution is 0.579. The van der Waals surface area contributed by atoms with E-state index in [0.717, 1.165) is 40.2 Å². The van der Waals surface area contributed by atoms with Crippen LogP contribution >= 0.6 is 0 Å². The van der Waals surface area contributed by atoms with E-state index in [1.807, 2.05) is 66.9 Å². The number of hydrogen-bond acceptors (Lipinski definition) is 3. The van der Waals surface area contributed by atoms with Gasteiger partial charge in [0.1, 0.15) is 8.07 Å². The monoisotopic (exact) mass is 619 g/mol. The Morgan fingerprint density at radius 1 is 0.543 bits per heavy atom. The molecule has 3 rings (SSSR count). The minimum atomic E-state index is -1.39. The second-order valence-corrected chi connectivity index (χ2v) is 16.7. The van der Waals surface area contributed by atoms with Crippen LogP contribution in [0, 0.1) is 47.0 Å². The Morgan fingerprint density at radius 3 is 1.41 bits per heavy atom. The maximum atomic E-state index is 4.46. The Morgan fingerprint density at radius 2 is 0.978 bits per heavy atom. The summed E-state index contributed by atoms with van der Waals surface area (Å²) in [5.41, 5.74) is 8.53. The van der Waals surface area contributed by atoms with E-state index in [2.05, 4.69) is 88.5 Å². The van der Waals surface area contributed by atoms with E-state index in [9.17, 15) is 0 Å². The molecule has 3 aromatic heterocycles. The molecule has 0 amide bonds. The first-order valence-electron chi connectivity index (χ1n) is 16.3. The van der Waals surface area contributed by atoms with Gasteiger partial charge >= 0.3 is 0 Å². The van der Waals surface area contributed by atoms with Gasteiger partial charge in [-0.25, -0.2) is 0 Å². The van der Waals surface area contributed by atoms with Crippen LogP contribution in [0.15, 0.2) is 73.2 Å². The standard InChI is InChI=1S/C42H45N3Si/c1-5-6-7-8-9-10-11-12-13-14-15-16-23-40-29-26-37(34-43-40)21-17-19-24-41-30-27-38(35-44-41)22-18-20-25-42-31-28-39(36-45-42)32-33-46(2,3)4/h16,19-20,23-31,34-36H,5-13H2,1-4H3/b23-16+,24-19+,25-20+. The van der Waals surface area contributed by atoms with E-state index >= 15 is 0 Å². The van der Waals surface area contributed by atoms with Gasteiger partial charge in [-0.2, -0.15) is 0 Å². The van der Waals surface area contributed by atoms with Crippen LogP contribution in [0.1, 0.15) is 98.5 Å². The highest BCUT2D eigenvalue weighted by Crippen LogP contribution is 2.09. The quantitative estimate of drug-likeness (QED) is 0.122. The average Bonchev–Trinajstić information content (AvgIpc) is 3.06. The zero-order valence-electron chi connectivity index (χ0n) is 27.9. The molecule has 0 spiro atoms. The lowest BCUT2D eigenvalue weighted by Crippen LogP contribution is -2.16. The molecule has 0 saturated heterocycles.